The largest absolute Gasteiger partial charge is 0.320 e. The van der Waals surface area contributed by atoms with Crippen molar-refractivity contribution in [3.05, 3.63) is 29.3 Å². The highest BCUT2D eigenvalue weighted by Crippen LogP contribution is 2.17. The molecule has 0 aliphatic carbocycles. The van der Waals surface area contributed by atoms with Gasteiger partial charge in [0.15, 0.2) is 0 Å². The second kappa shape index (κ2) is 6.40. The molecule has 5 heteroatoms. The van der Waals surface area contributed by atoms with Crippen molar-refractivity contribution in [2.75, 3.05) is 13.1 Å². The second-order valence-electron chi connectivity index (χ2n) is 5.87. The molecule has 0 radical (unpaired) electrons. The number of sulfonamides is 1. The number of aryl methyl sites for hydroxylation is 1. The van der Waals surface area contributed by atoms with E-state index in [0.29, 0.717) is 6.54 Å². The van der Waals surface area contributed by atoms with Crippen LogP contribution in [0.25, 0.3) is 0 Å². The first kappa shape index (κ1) is 16.7. The molecule has 0 saturated carbocycles. The zero-order chi connectivity index (χ0) is 15.4. The molecule has 1 rings (SSSR count). The third-order valence-electron chi connectivity index (χ3n) is 2.63. The van der Waals surface area contributed by atoms with Gasteiger partial charge in [0.1, 0.15) is 0 Å². The molecule has 3 N–H and O–H groups in total. The minimum Gasteiger partial charge on any atom is -0.320 e. The van der Waals surface area contributed by atoms with Gasteiger partial charge in [-0.2, -0.15) is 0 Å². The van der Waals surface area contributed by atoms with Gasteiger partial charge in [0.25, 0.3) is 0 Å². The van der Waals surface area contributed by atoms with Gasteiger partial charge in [-0.05, 0) is 36.1 Å². The molecule has 0 fully saturated rings. The Balaban J connectivity index is 3.00. The lowest BCUT2D eigenvalue weighted by Gasteiger charge is -2.19. The number of nitrogens with two attached hydrogens (primary N) is 1. The number of rotatable bonds is 3. The zero-order valence-electron chi connectivity index (χ0n) is 12.4. The predicted molar refractivity (Wildman–Crippen MR) is 81.8 cm³/mol. The molecule has 1 aromatic rings. The summed E-state index contributed by atoms with van der Waals surface area (Å²) in [5, 5.41) is 0. The van der Waals surface area contributed by atoms with Crippen LogP contribution in [0.1, 0.15) is 31.9 Å². The summed E-state index contributed by atoms with van der Waals surface area (Å²) in [5.74, 6) is 5.68. The molecule has 0 unspecified atom stereocenters. The molecule has 0 aliphatic heterocycles. The Labute approximate surface area is 121 Å². The predicted octanol–water partition coefficient (Wildman–Crippen LogP) is 1.63. The SMILES string of the molecule is Cc1cc(S(=O)(=O)NCC(C)(C)C)ccc1C#CCN. The molecule has 1 aromatic carbocycles. The van der Waals surface area contributed by atoms with E-state index < -0.39 is 10.0 Å². The number of nitrogens with one attached hydrogen (secondary N) is 1. The molecule has 0 aromatic heterocycles. The van der Waals surface area contributed by atoms with E-state index in [2.05, 4.69) is 16.6 Å². The first-order valence-electron chi connectivity index (χ1n) is 6.45. The van der Waals surface area contributed by atoms with Gasteiger partial charge in [-0.3, -0.25) is 0 Å². The summed E-state index contributed by atoms with van der Waals surface area (Å²) < 4.78 is 27.0. The van der Waals surface area contributed by atoms with Crippen molar-refractivity contribution in [3.63, 3.8) is 0 Å². The molecule has 4 nitrogen and oxygen atoms in total. The molecule has 0 bridgehead atoms. The van der Waals surface area contributed by atoms with Crippen LogP contribution in [0.5, 0.6) is 0 Å². The van der Waals surface area contributed by atoms with Crippen molar-refractivity contribution in [1.82, 2.24) is 4.72 Å². The molecule has 110 valence electrons. The summed E-state index contributed by atoms with van der Waals surface area (Å²) in [6.45, 7) is 8.45. The number of benzene rings is 1. The van der Waals surface area contributed by atoms with Gasteiger partial charge in [0, 0.05) is 12.1 Å². The van der Waals surface area contributed by atoms with E-state index in [9.17, 15) is 8.42 Å². The first-order valence-corrected chi connectivity index (χ1v) is 7.93. The summed E-state index contributed by atoms with van der Waals surface area (Å²) in [5.41, 5.74) is 6.84. The van der Waals surface area contributed by atoms with E-state index >= 15 is 0 Å². The molecule has 0 saturated heterocycles. The normalized spacial score (nSPS) is 11.8. The maximum Gasteiger partial charge on any atom is 0.240 e. The standard InChI is InChI=1S/C15H22N2O2S/c1-12-10-14(8-7-13(12)6-5-9-16)20(18,19)17-11-15(2,3)4/h7-8,10,17H,9,11,16H2,1-4H3. The molecule has 0 spiro atoms. The Morgan fingerprint density at radius 2 is 1.95 bits per heavy atom. The van der Waals surface area contributed by atoms with Crippen LogP contribution < -0.4 is 10.5 Å². The van der Waals surface area contributed by atoms with Crippen LogP contribution in [0.4, 0.5) is 0 Å². The molecule has 0 aliphatic rings. The molecular formula is C15H22N2O2S. The maximum atomic E-state index is 12.2. The highest BCUT2D eigenvalue weighted by Gasteiger charge is 2.18. The smallest absolute Gasteiger partial charge is 0.240 e. The van der Waals surface area contributed by atoms with Crippen molar-refractivity contribution in [1.29, 1.82) is 0 Å². The van der Waals surface area contributed by atoms with Crippen molar-refractivity contribution in [3.8, 4) is 11.8 Å². The van der Waals surface area contributed by atoms with E-state index in [1.807, 2.05) is 27.7 Å². The van der Waals surface area contributed by atoms with Gasteiger partial charge in [-0.15, -0.1) is 0 Å². The van der Waals surface area contributed by atoms with Crippen molar-refractivity contribution in [2.24, 2.45) is 11.1 Å². The minimum atomic E-state index is -3.48. The molecule has 0 atom stereocenters. The topological polar surface area (TPSA) is 72.2 Å². The average molecular weight is 294 g/mol. The van der Waals surface area contributed by atoms with Gasteiger partial charge >= 0.3 is 0 Å². The Hall–Kier alpha value is -1.35. The lowest BCUT2D eigenvalue weighted by Crippen LogP contribution is -2.32. The Bertz CT molecular complexity index is 632. The fraction of sp³-hybridized carbons (Fsp3) is 0.467. The van der Waals surface area contributed by atoms with Crippen molar-refractivity contribution < 1.29 is 8.42 Å². The van der Waals surface area contributed by atoms with E-state index in [0.717, 1.165) is 11.1 Å². The fourth-order valence-corrected chi connectivity index (χ4v) is 2.85. The van der Waals surface area contributed by atoms with Crippen molar-refractivity contribution in [2.45, 2.75) is 32.6 Å². The van der Waals surface area contributed by atoms with Gasteiger partial charge < -0.3 is 5.73 Å². The highest BCUT2D eigenvalue weighted by atomic mass is 32.2. The molecule has 0 heterocycles. The van der Waals surface area contributed by atoms with Crippen LogP contribution in [0.15, 0.2) is 23.1 Å². The molecule has 0 amide bonds. The van der Waals surface area contributed by atoms with Crippen LogP contribution in [0, 0.1) is 24.2 Å². The minimum absolute atomic E-state index is 0.103. The lowest BCUT2D eigenvalue weighted by molar-refractivity contribution is 0.407. The van der Waals surface area contributed by atoms with Crippen LogP contribution in [0.2, 0.25) is 0 Å². The third-order valence-corrected chi connectivity index (χ3v) is 4.02. The van der Waals surface area contributed by atoms with Crippen LogP contribution >= 0.6 is 0 Å². The molecular weight excluding hydrogens is 272 g/mol. The quantitative estimate of drug-likeness (QED) is 0.832. The van der Waals surface area contributed by atoms with Crippen molar-refractivity contribution >= 4 is 10.0 Å². The zero-order valence-corrected chi connectivity index (χ0v) is 13.3. The second-order valence-corrected chi connectivity index (χ2v) is 7.63. The summed E-state index contributed by atoms with van der Waals surface area (Å²) in [7, 11) is -3.48. The average Bonchev–Trinajstić information content (AvgIpc) is 2.34. The van der Waals surface area contributed by atoms with E-state index in [1.54, 1.807) is 18.2 Å². The van der Waals surface area contributed by atoms with E-state index in [4.69, 9.17) is 5.73 Å². The summed E-state index contributed by atoms with van der Waals surface area (Å²) in [6, 6.07) is 4.91. The lowest BCUT2D eigenvalue weighted by atomic mass is 9.98. The van der Waals surface area contributed by atoms with Crippen LogP contribution in [-0.2, 0) is 10.0 Å². The monoisotopic (exact) mass is 294 g/mol. The summed E-state index contributed by atoms with van der Waals surface area (Å²) >= 11 is 0. The van der Waals surface area contributed by atoms with Gasteiger partial charge in [0.2, 0.25) is 10.0 Å². The van der Waals surface area contributed by atoms with E-state index in [-0.39, 0.29) is 16.9 Å². The van der Waals surface area contributed by atoms with Crippen LogP contribution in [-0.4, -0.2) is 21.5 Å². The van der Waals surface area contributed by atoms with Gasteiger partial charge in [0.05, 0.1) is 11.4 Å². The Morgan fingerprint density at radius 3 is 2.45 bits per heavy atom. The van der Waals surface area contributed by atoms with Gasteiger partial charge in [-0.1, -0.05) is 32.6 Å². The Kier molecular flexibility index (Phi) is 5.35. The number of hydrogen-bond donors (Lipinski definition) is 2. The third kappa shape index (κ3) is 4.97. The van der Waals surface area contributed by atoms with Crippen LogP contribution in [0.3, 0.4) is 0 Å². The fourth-order valence-electron chi connectivity index (χ4n) is 1.48. The highest BCUT2D eigenvalue weighted by molar-refractivity contribution is 7.89. The first-order chi connectivity index (χ1) is 9.15. The maximum absolute atomic E-state index is 12.2. The summed E-state index contributed by atoms with van der Waals surface area (Å²) in [4.78, 5) is 0.262. The van der Waals surface area contributed by atoms with E-state index in [1.165, 1.54) is 0 Å². The Morgan fingerprint density at radius 1 is 1.30 bits per heavy atom. The molecule has 20 heavy (non-hydrogen) atoms. The summed E-state index contributed by atoms with van der Waals surface area (Å²) in [6.07, 6.45) is 0. The van der Waals surface area contributed by atoms with Gasteiger partial charge in [-0.25, -0.2) is 13.1 Å². The number of hydrogen-bond acceptors (Lipinski definition) is 3.